The molecule has 0 radical (unpaired) electrons. The van der Waals surface area contributed by atoms with Crippen LogP contribution >= 0.6 is 11.8 Å². The van der Waals surface area contributed by atoms with Crippen molar-refractivity contribution in [2.75, 3.05) is 5.43 Å². The number of thioether (sulfide) groups is 1. The lowest BCUT2D eigenvalue weighted by molar-refractivity contribution is 0.506. The first-order valence-electron chi connectivity index (χ1n) is 5.19. The molecule has 94 valence electrons. The van der Waals surface area contributed by atoms with E-state index in [-0.39, 0.29) is 0 Å². The predicted octanol–water partition coefficient (Wildman–Crippen LogP) is 2.94. The van der Waals surface area contributed by atoms with Crippen molar-refractivity contribution < 1.29 is 8.78 Å². The van der Waals surface area contributed by atoms with Crippen molar-refractivity contribution in [2.45, 2.75) is 10.6 Å². The molecule has 0 unspecified atom stereocenters. The average Bonchev–Trinajstić information content (AvgIpc) is 2.40. The highest BCUT2D eigenvalue weighted by atomic mass is 32.2. The van der Waals surface area contributed by atoms with Crippen LogP contribution in [-0.4, -0.2) is 4.98 Å². The van der Waals surface area contributed by atoms with Gasteiger partial charge >= 0.3 is 0 Å². The van der Waals surface area contributed by atoms with E-state index < -0.39 is 11.6 Å². The molecule has 0 atom stereocenters. The SMILES string of the molecule is NNc1ncccc1CSc1ccc(F)c(F)c1. The maximum Gasteiger partial charge on any atom is 0.159 e. The number of halogens is 2. The van der Waals surface area contributed by atoms with Gasteiger partial charge in [0.2, 0.25) is 0 Å². The third-order valence-electron chi connectivity index (χ3n) is 2.31. The Bertz CT molecular complexity index is 549. The smallest absolute Gasteiger partial charge is 0.159 e. The molecule has 0 aliphatic rings. The molecule has 3 N–H and O–H groups in total. The number of pyridine rings is 1. The van der Waals surface area contributed by atoms with Gasteiger partial charge in [-0.1, -0.05) is 6.07 Å². The van der Waals surface area contributed by atoms with Gasteiger partial charge in [-0.25, -0.2) is 19.6 Å². The number of nitrogens with two attached hydrogens (primary N) is 1. The summed E-state index contributed by atoms with van der Waals surface area (Å²) in [4.78, 5) is 4.71. The fraction of sp³-hybridized carbons (Fsp3) is 0.0833. The average molecular weight is 267 g/mol. The minimum absolute atomic E-state index is 0.568. The Morgan fingerprint density at radius 1 is 1.22 bits per heavy atom. The Labute approximate surface area is 107 Å². The van der Waals surface area contributed by atoms with E-state index in [0.717, 1.165) is 11.6 Å². The first kappa shape index (κ1) is 12.8. The van der Waals surface area contributed by atoms with Crippen LogP contribution in [0.2, 0.25) is 0 Å². The minimum atomic E-state index is -0.844. The van der Waals surface area contributed by atoms with Gasteiger partial charge in [0, 0.05) is 22.4 Å². The third-order valence-corrected chi connectivity index (χ3v) is 3.36. The molecular weight excluding hydrogens is 256 g/mol. The minimum Gasteiger partial charge on any atom is -0.308 e. The number of hydrazine groups is 1. The van der Waals surface area contributed by atoms with Crippen molar-refractivity contribution in [3.05, 3.63) is 53.7 Å². The highest BCUT2D eigenvalue weighted by Gasteiger charge is 2.05. The highest BCUT2D eigenvalue weighted by molar-refractivity contribution is 7.98. The fourth-order valence-corrected chi connectivity index (χ4v) is 2.32. The van der Waals surface area contributed by atoms with E-state index in [4.69, 9.17) is 5.84 Å². The molecule has 0 bridgehead atoms. The first-order chi connectivity index (χ1) is 8.70. The number of benzene rings is 1. The van der Waals surface area contributed by atoms with E-state index in [9.17, 15) is 8.78 Å². The summed E-state index contributed by atoms with van der Waals surface area (Å²) in [5.74, 6) is 4.79. The van der Waals surface area contributed by atoms with Gasteiger partial charge in [-0.15, -0.1) is 11.8 Å². The Kier molecular flexibility index (Phi) is 4.11. The normalized spacial score (nSPS) is 10.4. The molecule has 0 amide bonds. The van der Waals surface area contributed by atoms with Crippen molar-refractivity contribution in [1.82, 2.24) is 4.98 Å². The summed E-state index contributed by atoms with van der Waals surface area (Å²) in [5, 5.41) is 0. The van der Waals surface area contributed by atoms with Crippen LogP contribution in [-0.2, 0) is 5.75 Å². The van der Waals surface area contributed by atoms with Gasteiger partial charge in [0.25, 0.3) is 0 Å². The second-order valence-electron chi connectivity index (χ2n) is 3.52. The first-order valence-corrected chi connectivity index (χ1v) is 6.17. The van der Waals surface area contributed by atoms with Gasteiger partial charge in [0.15, 0.2) is 11.6 Å². The second kappa shape index (κ2) is 5.79. The summed E-state index contributed by atoms with van der Waals surface area (Å²) >= 11 is 1.38. The number of nitrogen functional groups attached to an aromatic ring is 1. The summed E-state index contributed by atoms with van der Waals surface area (Å²) in [7, 11) is 0. The van der Waals surface area contributed by atoms with Crippen molar-refractivity contribution in [3.8, 4) is 0 Å². The van der Waals surface area contributed by atoms with Gasteiger partial charge in [-0.2, -0.15) is 0 Å². The van der Waals surface area contributed by atoms with E-state index in [2.05, 4.69) is 10.4 Å². The van der Waals surface area contributed by atoms with Crippen LogP contribution in [0.15, 0.2) is 41.4 Å². The van der Waals surface area contributed by atoms with Crippen LogP contribution < -0.4 is 11.3 Å². The highest BCUT2D eigenvalue weighted by Crippen LogP contribution is 2.26. The van der Waals surface area contributed by atoms with E-state index in [1.54, 1.807) is 12.3 Å². The molecule has 18 heavy (non-hydrogen) atoms. The number of anilines is 1. The number of hydrogen-bond acceptors (Lipinski definition) is 4. The van der Waals surface area contributed by atoms with Gasteiger partial charge < -0.3 is 5.43 Å². The van der Waals surface area contributed by atoms with Gasteiger partial charge in [0.1, 0.15) is 5.82 Å². The number of aromatic nitrogens is 1. The van der Waals surface area contributed by atoms with Crippen molar-refractivity contribution in [3.63, 3.8) is 0 Å². The number of nitrogens with zero attached hydrogens (tertiary/aromatic N) is 1. The summed E-state index contributed by atoms with van der Waals surface area (Å²) in [5.41, 5.74) is 3.39. The molecule has 0 saturated carbocycles. The van der Waals surface area contributed by atoms with Crippen molar-refractivity contribution >= 4 is 17.6 Å². The molecule has 0 aliphatic carbocycles. The molecule has 0 aliphatic heterocycles. The molecule has 0 spiro atoms. The van der Waals surface area contributed by atoms with Crippen LogP contribution in [0.3, 0.4) is 0 Å². The molecule has 1 aromatic heterocycles. The second-order valence-corrected chi connectivity index (χ2v) is 4.57. The lowest BCUT2D eigenvalue weighted by atomic mass is 10.3. The fourth-order valence-electron chi connectivity index (χ4n) is 1.41. The van der Waals surface area contributed by atoms with Crippen LogP contribution in [0.25, 0.3) is 0 Å². The molecule has 1 aromatic carbocycles. The number of hydrogen-bond donors (Lipinski definition) is 2. The van der Waals surface area contributed by atoms with Gasteiger partial charge in [0.05, 0.1) is 0 Å². The standard InChI is InChI=1S/C12H11F2N3S/c13-10-4-3-9(6-11(10)14)18-7-8-2-1-5-16-12(8)17-15/h1-6H,7,15H2,(H,16,17). The summed E-state index contributed by atoms with van der Waals surface area (Å²) in [6.07, 6.45) is 1.63. The Morgan fingerprint density at radius 2 is 2.06 bits per heavy atom. The van der Waals surface area contributed by atoms with Crippen molar-refractivity contribution in [1.29, 1.82) is 0 Å². The van der Waals surface area contributed by atoms with Crippen LogP contribution in [0, 0.1) is 11.6 Å². The van der Waals surface area contributed by atoms with Gasteiger partial charge in [-0.3, -0.25) is 0 Å². The summed E-state index contributed by atoms with van der Waals surface area (Å²) in [6.45, 7) is 0. The van der Waals surface area contributed by atoms with Crippen molar-refractivity contribution in [2.24, 2.45) is 5.84 Å². The molecule has 3 nitrogen and oxygen atoms in total. The monoisotopic (exact) mass is 267 g/mol. The van der Waals surface area contributed by atoms with E-state index in [0.29, 0.717) is 16.5 Å². The molecule has 2 rings (SSSR count). The summed E-state index contributed by atoms with van der Waals surface area (Å²) in [6, 6.07) is 7.49. The zero-order valence-corrected chi connectivity index (χ0v) is 10.2. The zero-order valence-electron chi connectivity index (χ0n) is 9.36. The molecular formula is C12H11F2N3S. The van der Waals surface area contributed by atoms with Gasteiger partial charge in [-0.05, 0) is 24.3 Å². The Morgan fingerprint density at radius 3 is 2.78 bits per heavy atom. The van der Waals surface area contributed by atoms with E-state index >= 15 is 0 Å². The third kappa shape index (κ3) is 2.96. The van der Waals surface area contributed by atoms with E-state index in [1.165, 1.54) is 23.9 Å². The lowest BCUT2D eigenvalue weighted by Crippen LogP contribution is -2.10. The molecule has 2 aromatic rings. The van der Waals surface area contributed by atoms with Crippen LogP contribution in [0.1, 0.15) is 5.56 Å². The lowest BCUT2D eigenvalue weighted by Gasteiger charge is -2.07. The van der Waals surface area contributed by atoms with Crippen LogP contribution in [0.5, 0.6) is 0 Å². The quantitative estimate of drug-likeness (QED) is 0.508. The molecule has 6 heteroatoms. The largest absolute Gasteiger partial charge is 0.308 e. The Balaban J connectivity index is 2.09. The van der Waals surface area contributed by atoms with E-state index in [1.807, 2.05) is 6.07 Å². The Hall–Kier alpha value is -1.66. The maximum atomic E-state index is 13.0. The zero-order chi connectivity index (χ0) is 13.0. The topological polar surface area (TPSA) is 50.9 Å². The molecule has 0 saturated heterocycles. The predicted molar refractivity (Wildman–Crippen MR) is 68.0 cm³/mol. The van der Waals surface area contributed by atoms with Crippen LogP contribution in [0.4, 0.5) is 14.6 Å². The molecule has 1 heterocycles. The number of rotatable bonds is 4. The number of nitrogens with one attached hydrogen (secondary N) is 1. The summed E-state index contributed by atoms with van der Waals surface area (Å²) < 4.78 is 25.8. The maximum absolute atomic E-state index is 13.0. The molecule has 0 fully saturated rings.